The lowest BCUT2D eigenvalue weighted by Gasteiger charge is -2.13. The Kier molecular flexibility index (Phi) is 8.02. The Morgan fingerprint density at radius 2 is 1.60 bits per heavy atom. The lowest BCUT2D eigenvalue weighted by atomic mass is 10.1. The third-order valence-electron chi connectivity index (χ3n) is 6.25. The quantitative estimate of drug-likeness (QED) is 0.250. The van der Waals surface area contributed by atoms with Crippen LogP contribution in [0.25, 0.3) is 16.8 Å². The van der Waals surface area contributed by atoms with Gasteiger partial charge in [-0.3, -0.25) is 19.3 Å². The highest BCUT2D eigenvalue weighted by Gasteiger charge is 2.35. The first kappa shape index (κ1) is 26.8. The number of ether oxygens (including phenoxy) is 3. The normalized spacial score (nSPS) is 14.1. The molecule has 1 aliphatic rings. The number of fused-ring (bicyclic) bond motifs is 1. The van der Waals surface area contributed by atoms with Crippen LogP contribution >= 0.6 is 11.8 Å². The Hall–Kier alpha value is -4.76. The van der Waals surface area contributed by atoms with Crippen LogP contribution in [-0.4, -0.2) is 42.8 Å². The molecule has 0 radical (unpaired) electrons. The number of anilines is 1. The fourth-order valence-corrected chi connectivity index (χ4v) is 5.12. The molecule has 4 aromatic rings. The molecular weight excluding hydrogens is 528 g/mol. The van der Waals surface area contributed by atoms with Crippen molar-refractivity contribution in [3.05, 3.63) is 101 Å². The first-order valence-electron chi connectivity index (χ1n) is 12.4. The third-order valence-corrected chi connectivity index (χ3v) is 7.16. The molecule has 0 spiro atoms. The van der Waals surface area contributed by atoms with Crippen molar-refractivity contribution in [2.45, 2.75) is 6.54 Å². The van der Waals surface area contributed by atoms with Gasteiger partial charge in [0.25, 0.3) is 17.1 Å². The van der Waals surface area contributed by atoms with Crippen molar-refractivity contribution in [2.75, 3.05) is 26.1 Å². The number of hydrogen-bond donors (Lipinski definition) is 1. The molecule has 0 saturated carbocycles. The molecule has 1 saturated heterocycles. The molecule has 9 heteroatoms. The molecule has 0 aliphatic carbocycles. The first-order valence-corrected chi connectivity index (χ1v) is 13.2. The summed E-state index contributed by atoms with van der Waals surface area (Å²) in [5.41, 5.74) is 2.06. The van der Waals surface area contributed by atoms with Gasteiger partial charge in [0.05, 0.1) is 31.4 Å². The van der Waals surface area contributed by atoms with Gasteiger partial charge in [0.2, 0.25) is 0 Å². The molecule has 0 atom stereocenters. The van der Waals surface area contributed by atoms with Gasteiger partial charge in [-0.2, -0.15) is 0 Å². The Morgan fingerprint density at radius 1 is 0.850 bits per heavy atom. The highest BCUT2D eigenvalue weighted by molar-refractivity contribution is 8.18. The van der Waals surface area contributed by atoms with Crippen molar-refractivity contribution in [3.63, 3.8) is 0 Å². The number of para-hydroxylation sites is 2. The molecule has 8 nitrogen and oxygen atoms in total. The predicted octanol–water partition coefficient (Wildman–Crippen LogP) is 6.11. The van der Waals surface area contributed by atoms with E-state index in [2.05, 4.69) is 5.32 Å². The van der Waals surface area contributed by atoms with Gasteiger partial charge in [-0.15, -0.1) is 0 Å². The van der Waals surface area contributed by atoms with E-state index in [1.54, 1.807) is 42.5 Å². The lowest BCUT2D eigenvalue weighted by Crippen LogP contribution is -2.27. The third kappa shape index (κ3) is 5.94. The zero-order chi connectivity index (χ0) is 28.1. The van der Waals surface area contributed by atoms with E-state index in [1.165, 1.54) is 19.1 Å². The number of nitrogens with zero attached hydrogens (tertiary/aromatic N) is 1. The number of amides is 3. The molecule has 40 heavy (non-hydrogen) atoms. The van der Waals surface area contributed by atoms with Crippen LogP contribution in [-0.2, 0) is 16.1 Å². The van der Waals surface area contributed by atoms with Gasteiger partial charge in [-0.25, -0.2) is 0 Å². The van der Waals surface area contributed by atoms with E-state index >= 15 is 0 Å². The summed E-state index contributed by atoms with van der Waals surface area (Å²) in [5.74, 6) is 0.569. The summed E-state index contributed by atoms with van der Waals surface area (Å²) in [6.45, 7) is -0.0543. The van der Waals surface area contributed by atoms with E-state index in [-0.39, 0.29) is 30.2 Å². The summed E-state index contributed by atoms with van der Waals surface area (Å²) >= 11 is 0.898. The van der Waals surface area contributed by atoms with Crippen molar-refractivity contribution >= 4 is 51.4 Å². The zero-order valence-corrected chi connectivity index (χ0v) is 22.7. The first-order chi connectivity index (χ1) is 19.4. The van der Waals surface area contributed by atoms with Crippen LogP contribution < -0.4 is 19.5 Å². The van der Waals surface area contributed by atoms with Crippen molar-refractivity contribution in [3.8, 4) is 17.2 Å². The molecule has 1 aliphatic heterocycles. The highest BCUT2D eigenvalue weighted by atomic mass is 32.2. The van der Waals surface area contributed by atoms with E-state index in [4.69, 9.17) is 14.2 Å². The van der Waals surface area contributed by atoms with Crippen LogP contribution in [0.5, 0.6) is 17.2 Å². The summed E-state index contributed by atoms with van der Waals surface area (Å²) in [7, 11) is 3.01. The monoisotopic (exact) mass is 554 g/mol. The maximum absolute atomic E-state index is 13.1. The van der Waals surface area contributed by atoms with Gasteiger partial charge >= 0.3 is 0 Å². The number of methoxy groups -OCH3 is 2. The van der Waals surface area contributed by atoms with Crippen molar-refractivity contribution in [1.82, 2.24) is 4.90 Å². The van der Waals surface area contributed by atoms with Gasteiger partial charge in [-0.05, 0) is 70.1 Å². The van der Waals surface area contributed by atoms with E-state index in [9.17, 15) is 14.4 Å². The van der Waals surface area contributed by atoms with E-state index in [1.807, 2.05) is 48.5 Å². The number of rotatable bonds is 9. The molecule has 1 N–H and O–H groups in total. The standard InChI is InChI=1S/C31H26N2O6S/c1-37-25-10-6-5-9-24(25)32-29(34)19-39-26-14-12-20(16-27(26)38-2)17-28-30(35)33(31(36)40-28)18-21-11-13-22-7-3-4-8-23(22)15-21/h3-17H,18-19H2,1-2H3,(H,32,34)/b28-17-. The second-order valence-electron chi connectivity index (χ2n) is 8.90. The summed E-state index contributed by atoms with van der Waals surface area (Å²) in [5, 5.41) is 4.58. The van der Waals surface area contributed by atoms with Crippen LogP contribution in [0.2, 0.25) is 0 Å². The summed E-state index contributed by atoms with van der Waals surface area (Å²) in [6, 6.07) is 26.0. The number of nitrogens with one attached hydrogen (secondary N) is 1. The van der Waals surface area contributed by atoms with E-state index < -0.39 is 0 Å². The molecular formula is C31H26N2O6S. The lowest BCUT2D eigenvalue weighted by molar-refractivity contribution is -0.123. The Bertz CT molecular complexity index is 1630. The van der Waals surface area contributed by atoms with Crippen molar-refractivity contribution < 1.29 is 28.6 Å². The Labute approximate surface area is 235 Å². The number of hydrogen-bond acceptors (Lipinski definition) is 7. The van der Waals surface area contributed by atoms with Crippen LogP contribution in [0.3, 0.4) is 0 Å². The predicted molar refractivity (Wildman–Crippen MR) is 156 cm³/mol. The number of carbonyl (C=O) groups excluding carboxylic acids is 3. The molecule has 1 heterocycles. The minimum absolute atomic E-state index is 0.194. The average molecular weight is 555 g/mol. The van der Waals surface area contributed by atoms with E-state index in [0.29, 0.717) is 33.4 Å². The minimum Gasteiger partial charge on any atom is -0.495 e. The van der Waals surface area contributed by atoms with Crippen LogP contribution in [0.4, 0.5) is 10.5 Å². The van der Waals surface area contributed by atoms with Crippen LogP contribution in [0.1, 0.15) is 11.1 Å². The van der Waals surface area contributed by atoms with Crippen molar-refractivity contribution in [1.29, 1.82) is 0 Å². The fourth-order valence-electron chi connectivity index (χ4n) is 4.28. The van der Waals surface area contributed by atoms with Crippen LogP contribution in [0.15, 0.2) is 89.8 Å². The van der Waals surface area contributed by atoms with E-state index in [0.717, 1.165) is 28.1 Å². The fraction of sp³-hybridized carbons (Fsp3) is 0.129. The highest BCUT2D eigenvalue weighted by Crippen LogP contribution is 2.35. The maximum atomic E-state index is 13.1. The molecule has 5 rings (SSSR count). The molecule has 1 fully saturated rings. The van der Waals surface area contributed by atoms with Gasteiger partial charge in [-0.1, -0.05) is 54.6 Å². The van der Waals surface area contributed by atoms with Crippen molar-refractivity contribution in [2.24, 2.45) is 0 Å². The van der Waals surface area contributed by atoms with Gasteiger partial charge in [0.1, 0.15) is 5.75 Å². The second kappa shape index (κ2) is 12.0. The number of thioether (sulfide) groups is 1. The molecule has 4 aromatic carbocycles. The SMILES string of the molecule is COc1ccccc1NC(=O)COc1ccc(/C=C2\SC(=O)N(Cc3ccc4ccccc4c3)C2=O)cc1OC. The Balaban J connectivity index is 1.25. The summed E-state index contributed by atoms with van der Waals surface area (Å²) in [6.07, 6.45) is 1.64. The van der Waals surface area contributed by atoms with Gasteiger partial charge < -0.3 is 19.5 Å². The number of carbonyl (C=O) groups is 3. The smallest absolute Gasteiger partial charge is 0.293 e. The van der Waals surface area contributed by atoms with Crippen LogP contribution in [0, 0.1) is 0 Å². The zero-order valence-electron chi connectivity index (χ0n) is 21.9. The average Bonchev–Trinajstić information content (AvgIpc) is 3.23. The molecule has 3 amide bonds. The molecule has 0 bridgehead atoms. The molecule has 0 aromatic heterocycles. The molecule has 202 valence electrons. The Morgan fingerprint density at radius 3 is 2.40 bits per heavy atom. The second-order valence-corrected chi connectivity index (χ2v) is 9.89. The van der Waals surface area contributed by atoms with Gasteiger partial charge in [0, 0.05) is 0 Å². The van der Waals surface area contributed by atoms with Gasteiger partial charge in [0.15, 0.2) is 18.1 Å². The number of imide groups is 1. The topological polar surface area (TPSA) is 94.2 Å². The maximum Gasteiger partial charge on any atom is 0.293 e. The largest absolute Gasteiger partial charge is 0.495 e. The molecule has 0 unspecified atom stereocenters. The number of benzene rings is 4. The minimum atomic E-state index is -0.365. The summed E-state index contributed by atoms with van der Waals surface area (Å²) < 4.78 is 16.4. The summed E-state index contributed by atoms with van der Waals surface area (Å²) in [4.78, 5) is 39.8.